The van der Waals surface area contributed by atoms with Crippen LogP contribution in [0.4, 0.5) is 5.69 Å². The molecule has 0 aliphatic carbocycles. The van der Waals surface area contributed by atoms with Crippen molar-refractivity contribution in [1.82, 2.24) is 4.48 Å². The van der Waals surface area contributed by atoms with Crippen LogP contribution in [0.25, 0.3) is 0 Å². The highest BCUT2D eigenvalue weighted by molar-refractivity contribution is 7.72. The van der Waals surface area contributed by atoms with Crippen LogP contribution in [0.3, 0.4) is 0 Å². The molecule has 0 saturated heterocycles. The molecule has 4 heteroatoms. The molecule has 72 valence electrons. The fraction of sp³-hybridized carbons (Fsp3) is 0.333. The lowest BCUT2D eigenvalue weighted by Gasteiger charge is -2.24. The third kappa shape index (κ3) is 2.29. The maximum absolute atomic E-state index is 10.9. The zero-order valence-electron chi connectivity index (χ0n) is 8.02. The molecule has 0 fully saturated rings. The third-order valence-electron chi connectivity index (χ3n) is 1.80. The van der Waals surface area contributed by atoms with Gasteiger partial charge in [-0.15, -0.1) is 0 Å². The first-order valence-electron chi connectivity index (χ1n) is 3.98. The van der Waals surface area contributed by atoms with Crippen LogP contribution >= 0.6 is 0 Å². The minimum absolute atomic E-state index is 0.407. The molecular weight excluding hydrogens is 186 g/mol. The van der Waals surface area contributed by atoms with Gasteiger partial charge >= 0.3 is 0 Å². The summed E-state index contributed by atoms with van der Waals surface area (Å²) in [6, 6.07) is 7.05. The topological polar surface area (TPSA) is 34.1 Å². The minimum Gasteiger partial charge on any atom is -0.297 e. The molecule has 0 saturated carbocycles. The van der Waals surface area contributed by atoms with E-state index in [1.165, 1.54) is 0 Å². The predicted molar refractivity (Wildman–Crippen MR) is 54.6 cm³/mol. The van der Waals surface area contributed by atoms with E-state index in [1.807, 2.05) is 33.3 Å². The number of rotatable bonds is 2. The number of hydrogen-bond donors (Lipinski definition) is 1. The van der Waals surface area contributed by atoms with Crippen molar-refractivity contribution in [3.05, 3.63) is 24.3 Å². The van der Waals surface area contributed by atoms with Crippen molar-refractivity contribution < 1.29 is 8.42 Å². The summed E-state index contributed by atoms with van der Waals surface area (Å²) in [6.07, 6.45) is 0. The molecule has 0 N–H and O–H groups in total. The highest BCUT2D eigenvalue weighted by Crippen LogP contribution is 2.23. The van der Waals surface area contributed by atoms with Crippen LogP contribution < -0.4 is 4.48 Å². The van der Waals surface area contributed by atoms with Gasteiger partial charge in [0.1, 0.15) is 4.90 Å². The van der Waals surface area contributed by atoms with Gasteiger partial charge in [0, 0.05) is 6.07 Å². The normalized spacial score (nSPS) is 12.0. The monoisotopic (exact) mass is 200 g/mol. The number of quaternary nitrogens is 1. The molecule has 0 amide bonds. The van der Waals surface area contributed by atoms with E-state index >= 15 is 0 Å². The number of benzene rings is 1. The van der Waals surface area contributed by atoms with Crippen LogP contribution in [-0.2, 0) is 10.7 Å². The van der Waals surface area contributed by atoms with Crippen LogP contribution in [0.2, 0.25) is 0 Å². The maximum atomic E-state index is 10.9. The summed E-state index contributed by atoms with van der Waals surface area (Å²) in [5.41, 5.74) is 0.818. The molecule has 13 heavy (non-hydrogen) atoms. The lowest BCUT2D eigenvalue weighted by atomic mass is 10.3. The van der Waals surface area contributed by atoms with Crippen molar-refractivity contribution in [3.63, 3.8) is 0 Å². The van der Waals surface area contributed by atoms with Gasteiger partial charge in [-0.25, -0.2) is 8.42 Å². The van der Waals surface area contributed by atoms with Crippen molar-refractivity contribution in [3.8, 4) is 0 Å². The zero-order valence-corrected chi connectivity index (χ0v) is 8.91. The first-order valence-corrected chi connectivity index (χ1v) is 5.16. The molecule has 0 radical (unpaired) electrons. The summed E-state index contributed by atoms with van der Waals surface area (Å²) in [5, 5.41) is 0. The Kier molecular flexibility index (Phi) is 2.73. The molecule has 0 aliphatic rings. The standard InChI is InChI=1S/C9H14NO2S/c1-10(2,3)8-6-4-5-7-9(8)13(11)12/h4-7,13H,1-3H3/q+1. The quantitative estimate of drug-likeness (QED) is 0.567. The second kappa shape index (κ2) is 3.47. The van der Waals surface area contributed by atoms with Crippen molar-refractivity contribution >= 4 is 16.4 Å². The summed E-state index contributed by atoms with van der Waals surface area (Å²) in [7, 11) is 3.33. The summed E-state index contributed by atoms with van der Waals surface area (Å²) in [5.74, 6) is 0. The third-order valence-corrected chi connectivity index (χ3v) is 2.57. The van der Waals surface area contributed by atoms with Crippen LogP contribution in [0.5, 0.6) is 0 Å². The Morgan fingerprint density at radius 3 is 2.00 bits per heavy atom. The SMILES string of the molecule is C[N+](C)(C)c1ccccc1[SH](=O)=O. The molecule has 0 spiro atoms. The smallest absolute Gasteiger partial charge is 0.174 e. The first-order chi connectivity index (χ1) is 5.93. The number of thiol groups is 1. The highest BCUT2D eigenvalue weighted by Gasteiger charge is 2.17. The van der Waals surface area contributed by atoms with Crippen molar-refractivity contribution in [2.75, 3.05) is 21.1 Å². The number of para-hydroxylation sites is 1. The molecular formula is C9H14NO2S+. The van der Waals surface area contributed by atoms with Gasteiger partial charge in [0.05, 0.1) is 21.1 Å². The largest absolute Gasteiger partial charge is 0.297 e. The minimum atomic E-state index is -2.50. The van der Waals surface area contributed by atoms with E-state index in [1.54, 1.807) is 12.1 Å². The van der Waals surface area contributed by atoms with Gasteiger partial charge in [0.2, 0.25) is 0 Å². The second-order valence-electron chi connectivity index (χ2n) is 3.76. The van der Waals surface area contributed by atoms with Crippen LogP contribution in [0.1, 0.15) is 0 Å². The van der Waals surface area contributed by atoms with Gasteiger partial charge in [-0.2, -0.15) is 0 Å². The Hall–Kier alpha value is -0.870. The van der Waals surface area contributed by atoms with E-state index in [0.29, 0.717) is 9.38 Å². The maximum Gasteiger partial charge on any atom is 0.174 e. The lowest BCUT2D eigenvalue weighted by molar-refractivity contribution is 0.477. The van der Waals surface area contributed by atoms with E-state index in [-0.39, 0.29) is 0 Å². The van der Waals surface area contributed by atoms with Gasteiger partial charge in [-0.05, 0) is 6.07 Å². The van der Waals surface area contributed by atoms with Gasteiger partial charge in [0.15, 0.2) is 16.4 Å². The Balaban J connectivity index is 3.37. The predicted octanol–water partition coefficient (Wildman–Crippen LogP) is 0.854. The fourth-order valence-corrected chi connectivity index (χ4v) is 1.96. The van der Waals surface area contributed by atoms with Crippen LogP contribution in [0, 0.1) is 0 Å². The molecule has 1 rings (SSSR count). The second-order valence-corrected chi connectivity index (χ2v) is 4.75. The molecule has 0 aliphatic heterocycles. The van der Waals surface area contributed by atoms with Gasteiger partial charge in [-0.3, -0.25) is 4.48 Å². The molecule has 0 heterocycles. The molecule has 0 bridgehead atoms. The van der Waals surface area contributed by atoms with E-state index in [2.05, 4.69) is 0 Å². The Bertz CT molecular complexity index is 369. The van der Waals surface area contributed by atoms with E-state index in [4.69, 9.17) is 0 Å². The molecule has 1 aromatic rings. The van der Waals surface area contributed by atoms with Gasteiger partial charge < -0.3 is 0 Å². The number of nitrogens with zero attached hydrogens (tertiary/aromatic N) is 1. The average molecular weight is 200 g/mol. The molecule has 0 unspecified atom stereocenters. The van der Waals surface area contributed by atoms with E-state index in [9.17, 15) is 8.42 Å². The van der Waals surface area contributed by atoms with Crippen LogP contribution in [-0.4, -0.2) is 29.6 Å². The highest BCUT2D eigenvalue weighted by atomic mass is 32.2. The molecule has 0 aromatic heterocycles. The Morgan fingerprint density at radius 1 is 1.08 bits per heavy atom. The zero-order chi connectivity index (χ0) is 10.1. The van der Waals surface area contributed by atoms with Crippen molar-refractivity contribution in [2.45, 2.75) is 4.90 Å². The van der Waals surface area contributed by atoms with Crippen molar-refractivity contribution in [2.24, 2.45) is 0 Å². The lowest BCUT2D eigenvalue weighted by Crippen LogP contribution is -2.35. The first kappa shape index (κ1) is 10.2. The molecule has 0 atom stereocenters. The Morgan fingerprint density at radius 2 is 1.62 bits per heavy atom. The summed E-state index contributed by atoms with van der Waals surface area (Å²) >= 11 is 0. The summed E-state index contributed by atoms with van der Waals surface area (Å²) in [6.45, 7) is 0. The average Bonchev–Trinajstić information content (AvgIpc) is 2.03. The van der Waals surface area contributed by atoms with E-state index < -0.39 is 10.7 Å². The van der Waals surface area contributed by atoms with Gasteiger partial charge in [-0.1, -0.05) is 12.1 Å². The van der Waals surface area contributed by atoms with Crippen LogP contribution in [0.15, 0.2) is 29.2 Å². The summed E-state index contributed by atoms with van der Waals surface area (Å²) < 4.78 is 22.3. The van der Waals surface area contributed by atoms with E-state index in [0.717, 1.165) is 5.69 Å². The molecule has 1 aromatic carbocycles. The summed E-state index contributed by atoms with van der Waals surface area (Å²) in [4.78, 5) is 0.407. The van der Waals surface area contributed by atoms with Crippen molar-refractivity contribution in [1.29, 1.82) is 0 Å². The Labute approximate surface area is 80.2 Å². The fourth-order valence-electron chi connectivity index (χ4n) is 1.19. The number of hydrogen-bond acceptors (Lipinski definition) is 2. The van der Waals surface area contributed by atoms with Gasteiger partial charge in [0.25, 0.3) is 0 Å². The molecule has 3 nitrogen and oxygen atoms in total.